The number of nitrogens with two attached hydrogens (primary N) is 1. The summed E-state index contributed by atoms with van der Waals surface area (Å²) >= 11 is 2.49. The summed E-state index contributed by atoms with van der Waals surface area (Å²) in [6.45, 7) is 3.62. The fourth-order valence-electron chi connectivity index (χ4n) is 2.04. The van der Waals surface area contributed by atoms with E-state index >= 15 is 0 Å². The predicted molar refractivity (Wildman–Crippen MR) is 109 cm³/mol. The van der Waals surface area contributed by atoms with E-state index in [0.717, 1.165) is 23.0 Å². The van der Waals surface area contributed by atoms with Crippen molar-refractivity contribution in [1.29, 1.82) is 0 Å². The highest BCUT2D eigenvalue weighted by Crippen LogP contribution is 2.19. The number of nitrogens with zero attached hydrogens (tertiary/aromatic N) is 5. The molecule has 9 nitrogen and oxygen atoms in total. The first kappa shape index (κ1) is 19.8. The lowest BCUT2D eigenvalue weighted by molar-refractivity contribution is -0.113. The molecule has 3 rings (SSSR count). The zero-order valence-corrected chi connectivity index (χ0v) is 16.6. The maximum Gasteiger partial charge on any atom is 0.264 e. The smallest absolute Gasteiger partial charge is 0.264 e. The fourth-order valence-corrected chi connectivity index (χ4v) is 3.40. The van der Waals surface area contributed by atoms with E-state index in [-0.39, 0.29) is 23.4 Å². The van der Waals surface area contributed by atoms with Gasteiger partial charge < -0.3 is 11.2 Å². The lowest BCUT2D eigenvalue weighted by Gasteiger charge is -2.04. The molecule has 2 aromatic heterocycles. The Balaban J connectivity index is 1.56. The Morgan fingerprint density at radius 3 is 2.79 bits per heavy atom. The van der Waals surface area contributed by atoms with Crippen molar-refractivity contribution >= 4 is 45.8 Å². The number of hydrogen-bond acceptors (Lipinski definition) is 9. The molecule has 0 spiro atoms. The minimum atomic E-state index is -0.318. The summed E-state index contributed by atoms with van der Waals surface area (Å²) in [6, 6.07) is 5.94. The number of nitrogens with one attached hydrogen (secondary N) is 2. The van der Waals surface area contributed by atoms with E-state index in [9.17, 15) is 9.18 Å². The highest BCUT2D eigenvalue weighted by Gasteiger charge is 2.13. The topological polar surface area (TPSA) is 123 Å². The van der Waals surface area contributed by atoms with E-state index in [0.29, 0.717) is 16.0 Å². The van der Waals surface area contributed by atoms with Gasteiger partial charge in [0.25, 0.3) is 5.95 Å². The summed E-state index contributed by atoms with van der Waals surface area (Å²) in [5.41, 5.74) is 4.93. The van der Waals surface area contributed by atoms with Crippen molar-refractivity contribution in [3.05, 3.63) is 46.7 Å². The standard InChI is InChI=1S/C16H17FN8OS2/c1-9-7-27-15(19-9)20-13(26)8-28-16-24-23-14(25(16)18)22-21-10(2)11-3-5-12(17)6-4-11/h3-7H,8,18H2,1-2H3,(H,22,23)(H,19,20,26)/b21-10+. The van der Waals surface area contributed by atoms with Gasteiger partial charge in [0.1, 0.15) is 5.82 Å². The average molecular weight is 420 g/mol. The minimum Gasteiger partial charge on any atom is -0.334 e. The Hall–Kier alpha value is -2.99. The number of rotatable bonds is 7. The monoisotopic (exact) mass is 420 g/mol. The molecular weight excluding hydrogens is 403 g/mol. The van der Waals surface area contributed by atoms with Gasteiger partial charge in [0.2, 0.25) is 11.1 Å². The van der Waals surface area contributed by atoms with Gasteiger partial charge in [-0.05, 0) is 31.5 Å². The molecule has 2 heterocycles. The summed E-state index contributed by atoms with van der Waals surface area (Å²) in [5.74, 6) is 5.71. The number of carbonyl (C=O) groups excluding carboxylic acids is 1. The van der Waals surface area contributed by atoms with Crippen LogP contribution < -0.4 is 16.6 Å². The summed E-state index contributed by atoms with van der Waals surface area (Å²) in [4.78, 5) is 16.2. The van der Waals surface area contributed by atoms with Crippen molar-refractivity contribution in [1.82, 2.24) is 19.9 Å². The van der Waals surface area contributed by atoms with Crippen LogP contribution >= 0.6 is 23.1 Å². The fraction of sp³-hybridized carbons (Fsp3) is 0.188. The zero-order chi connectivity index (χ0) is 20.1. The number of anilines is 2. The molecule has 12 heteroatoms. The van der Waals surface area contributed by atoms with E-state index < -0.39 is 0 Å². The molecule has 0 saturated carbocycles. The Kier molecular flexibility index (Phi) is 6.21. The second-order valence-electron chi connectivity index (χ2n) is 5.62. The number of aromatic nitrogens is 4. The number of carbonyl (C=O) groups is 1. The predicted octanol–water partition coefficient (Wildman–Crippen LogP) is 2.46. The van der Waals surface area contributed by atoms with Crippen LogP contribution in [-0.2, 0) is 4.79 Å². The van der Waals surface area contributed by atoms with Crippen molar-refractivity contribution in [3.8, 4) is 0 Å². The SMILES string of the molecule is C/C(=N\Nc1nnc(SCC(=O)Nc2nc(C)cs2)n1N)c1ccc(F)cc1. The van der Waals surface area contributed by atoms with Crippen LogP contribution in [0.5, 0.6) is 0 Å². The van der Waals surface area contributed by atoms with Crippen molar-refractivity contribution in [3.63, 3.8) is 0 Å². The molecule has 0 saturated heterocycles. The number of halogens is 1. The third-order valence-electron chi connectivity index (χ3n) is 3.45. The van der Waals surface area contributed by atoms with E-state index in [4.69, 9.17) is 5.84 Å². The lowest BCUT2D eigenvalue weighted by Crippen LogP contribution is -2.17. The van der Waals surface area contributed by atoms with Gasteiger partial charge in [-0.3, -0.25) is 4.79 Å². The van der Waals surface area contributed by atoms with Gasteiger partial charge >= 0.3 is 0 Å². The molecule has 0 unspecified atom stereocenters. The first-order chi connectivity index (χ1) is 13.4. The Bertz CT molecular complexity index is 999. The highest BCUT2D eigenvalue weighted by atomic mass is 32.2. The number of aryl methyl sites for hydroxylation is 1. The molecule has 0 bridgehead atoms. The summed E-state index contributed by atoms with van der Waals surface area (Å²) < 4.78 is 14.2. The molecular formula is C16H17FN8OS2. The van der Waals surface area contributed by atoms with Gasteiger partial charge in [-0.15, -0.1) is 21.5 Å². The molecule has 1 amide bonds. The number of amides is 1. The normalized spacial score (nSPS) is 11.5. The number of nitrogen functional groups attached to an aromatic ring is 1. The number of thioether (sulfide) groups is 1. The molecule has 3 aromatic rings. The van der Waals surface area contributed by atoms with Crippen LogP contribution in [0.25, 0.3) is 0 Å². The van der Waals surface area contributed by atoms with Crippen LogP contribution in [0.3, 0.4) is 0 Å². The number of hydrazone groups is 1. The van der Waals surface area contributed by atoms with Crippen LogP contribution in [-0.4, -0.2) is 37.2 Å². The highest BCUT2D eigenvalue weighted by molar-refractivity contribution is 7.99. The van der Waals surface area contributed by atoms with Crippen LogP contribution in [0.15, 0.2) is 39.9 Å². The van der Waals surface area contributed by atoms with E-state index in [1.54, 1.807) is 19.1 Å². The lowest BCUT2D eigenvalue weighted by atomic mass is 10.1. The Labute approximate surface area is 168 Å². The largest absolute Gasteiger partial charge is 0.334 e. The number of benzene rings is 1. The van der Waals surface area contributed by atoms with Crippen LogP contribution in [0, 0.1) is 12.7 Å². The molecule has 28 heavy (non-hydrogen) atoms. The van der Waals surface area contributed by atoms with E-state index in [1.165, 1.54) is 28.1 Å². The number of thiazole rings is 1. The second kappa shape index (κ2) is 8.80. The summed E-state index contributed by atoms with van der Waals surface area (Å²) in [7, 11) is 0. The molecule has 0 atom stereocenters. The van der Waals surface area contributed by atoms with Crippen molar-refractivity contribution in [2.45, 2.75) is 19.0 Å². The van der Waals surface area contributed by atoms with Crippen molar-refractivity contribution in [2.75, 3.05) is 22.3 Å². The van der Waals surface area contributed by atoms with Gasteiger partial charge in [0, 0.05) is 5.38 Å². The zero-order valence-electron chi connectivity index (χ0n) is 15.0. The molecule has 146 valence electrons. The Morgan fingerprint density at radius 2 is 2.11 bits per heavy atom. The van der Waals surface area contributed by atoms with Crippen LogP contribution in [0.1, 0.15) is 18.2 Å². The quantitative estimate of drug-likeness (QED) is 0.232. The maximum atomic E-state index is 13.0. The van der Waals surface area contributed by atoms with Crippen LogP contribution in [0.2, 0.25) is 0 Å². The molecule has 0 fully saturated rings. The van der Waals surface area contributed by atoms with Crippen LogP contribution in [0.4, 0.5) is 15.5 Å². The van der Waals surface area contributed by atoms with Crippen molar-refractivity contribution < 1.29 is 9.18 Å². The van der Waals surface area contributed by atoms with E-state index in [2.05, 4.69) is 31.0 Å². The van der Waals surface area contributed by atoms with Gasteiger partial charge in [-0.25, -0.2) is 19.5 Å². The molecule has 0 aliphatic carbocycles. The minimum absolute atomic E-state index is 0.103. The van der Waals surface area contributed by atoms with Gasteiger partial charge in [-0.1, -0.05) is 23.9 Å². The third kappa shape index (κ3) is 5.04. The first-order valence-electron chi connectivity index (χ1n) is 8.04. The first-order valence-corrected chi connectivity index (χ1v) is 9.90. The van der Waals surface area contributed by atoms with Gasteiger partial charge in [0.05, 0.1) is 17.2 Å². The second-order valence-corrected chi connectivity index (χ2v) is 7.42. The van der Waals surface area contributed by atoms with Gasteiger partial charge in [-0.2, -0.15) is 5.10 Å². The maximum absolute atomic E-state index is 13.0. The van der Waals surface area contributed by atoms with Gasteiger partial charge in [0.15, 0.2) is 5.13 Å². The average Bonchev–Trinajstić information content (AvgIpc) is 3.24. The summed E-state index contributed by atoms with van der Waals surface area (Å²) in [6.07, 6.45) is 0. The molecule has 0 radical (unpaired) electrons. The third-order valence-corrected chi connectivity index (χ3v) is 5.27. The molecule has 4 N–H and O–H groups in total. The van der Waals surface area contributed by atoms with E-state index in [1.807, 2.05) is 12.3 Å². The van der Waals surface area contributed by atoms with Crippen molar-refractivity contribution in [2.24, 2.45) is 5.10 Å². The molecule has 0 aliphatic rings. The summed E-state index contributed by atoms with van der Waals surface area (Å²) in [5, 5.41) is 17.5. The molecule has 1 aromatic carbocycles. The Morgan fingerprint density at radius 1 is 1.36 bits per heavy atom. The molecule has 0 aliphatic heterocycles. The number of hydrogen-bond donors (Lipinski definition) is 3.